The average molecular weight is 1600 g/mol. The molecule has 17 atom stereocenters. The van der Waals surface area contributed by atoms with Crippen molar-refractivity contribution in [3.63, 3.8) is 0 Å². The van der Waals surface area contributed by atoms with Crippen LogP contribution in [-0.4, -0.2) is 250 Å². The van der Waals surface area contributed by atoms with Crippen molar-refractivity contribution in [1.82, 2.24) is 73.6 Å². The number of aliphatic hydroxyl groups excluding tert-OH is 2. The number of carbonyl (C=O) groups is 14. The Morgan fingerprint density at radius 2 is 0.830 bits per heavy atom. The van der Waals surface area contributed by atoms with Crippen molar-refractivity contribution in [2.75, 3.05) is 44.3 Å². The fourth-order valence-electron chi connectivity index (χ4n) is 13.2. The van der Waals surface area contributed by atoms with Gasteiger partial charge in [0, 0.05) is 50.5 Å². The van der Waals surface area contributed by atoms with Crippen LogP contribution in [0.15, 0.2) is 70.6 Å². The summed E-state index contributed by atoms with van der Waals surface area (Å²) in [5, 5.41) is 53.9. The number of amides is 14. The normalized spacial score (nSPS) is 27.5. The van der Waals surface area contributed by atoms with Gasteiger partial charge in [0.2, 0.25) is 82.7 Å². The first kappa shape index (κ1) is 91.1. The first-order chi connectivity index (χ1) is 53.4. The van der Waals surface area contributed by atoms with E-state index in [1.807, 2.05) is 6.92 Å². The van der Waals surface area contributed by atoms with E-state index in [4.69, 9.17) is 22.9 Å². The number of nitrogens with two attached hydrogens (primary N) is 4. The molecule has 112 heavy (non-hydrogen) atoms. The molecule has 36 nitrogen and oxygen atoms in total. The van der Waals surface area contributed by atoms with Gasteiger partial charge in [-0.25, -0.2) is 0 Å². The van der Waals surface area contributed by atoms with Crippen LogP contribution >= 0.6 is 21.6 Å². The number of carbonyl (C=O) groups excluding carboxylic acids is 14. The van der Waals surface area contributed by atoms with Gasteiger partial charge in [0.05, 0.1) is 12.7 Å². The molecule has 4 heterocycles. The minimum Gasteiger partial charge on any atom is -0.394 e. The second-order valence-corrected chi connectivity index (χ2v) is 31.3. The Balaban J connectivity index is 1.54. The molecular weight excluding hydrogens is 1490 g/mol. The summed E-state index contributed by atoms with van der Waals surface area (Å²) in [6, 6.07) is -3.89. The van der Waals surface area contributed by atoms with E-state index in [1.165, 1.54) is 16.7 Å². The smallest absolute Gasteiger partial charge is 0.246 e. The van der Waals surface area contributed by atoms with E-state index in [9.17, 15) is 48.6 Å². The van der Waals surface area contributed by atoms with Gasteiger partial charge in [0.1, 0.15) is 84.6 Å². The molecule has 0 unspecified atom stereocenters. The van der Waals surface area contributed by atoms with Gasteiger partial charge >= 0.3 is 0 Å². The average Bonchev–Trinajstić information content (AvgIpc) is 1.67. The molecule has 4 aliphatic heterocycles. The number of fused-ring (bicyclic) bond motifs is 7. The Morgan fingerprint density at radius 1 is 0.446 bits per heavy atom. The van der Waals surface area contributed by atoms with Gasteiger partial charge in [-0.1, -0.05) is 143 Å². The highest BCUT2D eigenvalue weighted by atomic mass is 33.1. The second kappa shape index (κ2) is 45.6. The molecule has 2 aromatic carbocycles. The fourth-order valence-corrected chi connectivity index (χ4v) is 15.5. The highest BCUT2D eigenvalue weighted by Gasteiger charge is 2.46. The molecule has 4 saturated heterocycles. The van der Waals surface area contributed by atoms with Gasteiger partial charge in [-0.2, -0.15) is 0 Å². The van der Waals surface area contributed by atoms with Gasteiger partial charge < -0.3 is 107 Å². The molecule has 0 saturated carbocycles. The predicted octanol–water partition coefficient (Wildman–Crippen LogP) is -3.54. The molecular formula is C74H114N20O16S2. The highest BCUT2D eigenvalue weighted by Crippen LogP contribution is 2.29. The molecule has 0 aliphatic carbocycles. The van der Waals surface area contributed by atoms with Crippen molar-refractivity contribution in [3.05, 3.63) is 71.8 Å². The van der Waals surface area contributed by atoms with Gasteiger partial charge in [-0.15, -0.1) is 0 Å². The van der Waals surface area contributed by atoms with Crippen LogP contribution < -0.4 is 86.7 Å². The first-order valence-electron chi connectivity index (χ1n) is 38.4. The predicted molar refractivity (Wildman–Crippen MR) is 421 cm³/mol. The molecule has 4 fully saturated rings. The summed E-state index contributed by atoms with van der Waals surface area (Å²) in [5.41, 5.74) is 23.7. The van der Waals surface area contributed by atoms with Crippen molar-refractivity contribution in [2.24, 2.45) is 44.8 Å². The maximum absolute atomic E-state index is 15.5. The molecule has 618 valence electrons. The number of benzene rings is 2. The summed E-state index contributed by atoms with van der Waals surface area (Å²) < 4.78 is 0. The maximum atomic E-state index is 15.5. The minimum absolute atomic E-state index is 0.00385. The summed E-state index contributed by atoms with van der Waals surface area (Å²) in [4.78, 5) is 219. The van der Waals surface area contributed by atoms with Gasteiger partial charge in [-0.05, 0) is 94.6 Å². The first-order valence-corrected chi connectivity index (χ1v) is 40.9. The zero-order valence-electron chi connectivity index (χ0n) is 64.7. The van der Waals surface area contributed by atoms with Crippen molar-refractivity contribution in [2.45, 2.75) is 235 Å². The molecule has 0 spiro atoms. The van der Waals surface area contributed by atoms with Gasteiger partial charge in [0.15, 0.2) is 11.9 Å². The molecule has 2 aromatic rings. The number of nitrogens with zero attached hydrogens (tertiary/aromatic N) is 4. The third kappa shape index (κ3) is 27.5. The largest absolute Gasteiger partial charge is 0.394 e. The Hall–Kier alpha value is -9.82. The van der Waals surface area contributed by atoms with Crippen LogP contribution in [0, 0.1) is 11.8 Å². The van der Waals surface area contributed by atoms with Gasteiger partial charge in [0.25, 0.3) is 0 Å². The fraction of sp³-hybridized carbons (Fsp3) is 0.622. The lowest BCUT2D eigenvalue weighted by Gasteiger charge is -2.35. The number of aliphatic imine (C=N–C) groups is 2. The van der Waals surface area contributed by atoms with Crippen LogP contribution in [0.5, 0.6) is 0 Å². The number of guanidine groups is 2. The molecule has 38 heteroatoms. The Morgan fingerprint density at radius 3 is 1.30 bits per heavy atom. The van der Waals surface area contributed by atoms with E-state index >= 15 is 28.8 Å². The highest BCUT2D eigenvalue weighted by molar-refractivity contribution is 8.76. The van der Waals surface area contributed by atoms with Crippen molar-refractivity contribution in [1.29, 1.82) is 0 Å². The molecule has 6 rings (SSSR count). The van der Waals surface area contributed by atoms with Crippen molar-refractivity contribution >= 4 is 116 Å². The second-order valence-electron chi connectivity index (χ2n) is 28.7. The van der Waals surface area contributed by atoms with E-state index < -0.39 is 203 Å². The summed E-state index contributed by atoms with van der Waals surface area (Å²) in [6.07, 6.45) is 0.121. The molecule has 0 radical (unpaired) electrons. The van der Waals surface area contributed by atoms with Crippen LogP contribution in [0.3, 0.4) is 0 Å². The number of hydrogen-bond donors (Lipinski definition) is 18. The van der Waals surface area contributed by atoms with E-state index in [0.717, 1.165) is 28.5 Å². The van der Waals surface area contributed by atoms with Crippen molar-refractivity contribution in [3.8, 4) is 0 Å². The number of aliphatic hydroxyl groups is 2. The lowest BCUT2D eigenvalue weighted by atomic mass is 9.96. The van der Waals surface area contributed by atoms with E-state index in [1.54, 1.807) is 88.4 Å². The van der Waals surface area contributed by atoms with Crippen molar-refractivity contribution < 1.29 is 77.3 Å². The van der Waals surface area contributed by atoms with Crippen LogP contribution in [0.4, 0.5) is 0 Å². The molecule has 4 aliphatic rings. The summed E-state index contributed by atoms with van der Waals surface area (Å²) in [5.74, 6) is -15.4. The zero-order chi connectivity index (χ0) is 82.3. The van der Waals surface area contributed by atoms with E-state index in [2.05, 4.69) is 73.8 Å². The Bertz CT molecular complexity index is 3630. The lowest BCUT2D eigenvalue weighted by molar-refractivity contribution is -0.149. The lowest BCUT2D eigenvalue weighted by Crippen LogP contribution is -2.62. The van der Waals surface area contributed by atoms with Crippen LogP contribution in [0.25, 0.3) is 0 Å². The molecule has 2 bridgehead atoms. The monoisotopic (exact) mass is 1600 g/mol. The summed E-state index contributed by atoms with van der Waals surface area (Å²) >= 11 is 0. The van der Waals surface area contributed by atoms with Gasteiger partial charge in [-0.3, -0.25) is 77.1 Å². The van der Waals surface area contributed by atoms with Crippen LogP contribution in [0.1, 0.15) is 143 Å². The minimum atomic E-state index is -1.93. The summed E-state index contributed by atoms with van der Waals surface area (Å²) in [7, 11) is 1.72. The zero-order valence-corrected chi connectivity index (χ0v) is 66.3. The third-order valence-electron chi connectivity index (χ3n) is 20.1. The number of nitrogens with one attached hydrogen (secondary N) is 12. The maximum Gasteiger partial charge on any atom is 0.246 e. The number of unbranched alkanes of at least 4 members (excludes halogenated alkanes) is 1. The number of hydrogen-bond acceptors (Lipinski definition) is 20. The molecule has 14 amide bonds. The third-order valence-corrected chi connectivity index (χ3v) is 22.6. The van der Waals surface area contributed by atoms with Crippen LogP contribution in [-0.2, 0) is 80.0 Å². The topological polar surface area (TPSA) is 559 Å². The molecule has 0 aromatic heterocycles. The Labute approximate surface area is 660 Å². The van der Waals surface area contributed by atoms with E-state index in [0.29, 0.717) is 43.2 Å². The van der Waals surface area contributed by atoms with Crippen LogP contribution in [0.2, 0.25) is 0 Å². The standard InChI is InChI=1S/C74H114N20O16S2/c1-8-11-26-46-60(98)82-47(27-18-31-79-73(75)76)61(99)83-48(28-19-32-80-74(77)78)62(100)88-53-39-112-111-38-52(66(104)86-50(36-45-24-16-13-17-25-45)64(102)85-49(63(101)84-46)35-44-22-14-12-15-23-44)89-69(107)56(40(4)9-2)90-68(106)54-29-20-33-93(54)71(109)55-30-21-34-94(55)72(110)57(41(5)10-3)91-65(103)51(37-95)87-59(97)42(6)81-70(108)58(43(7)96)92-67(53)105/h12-17,22-25,40-43,46-58,95-96H,8-11,18-21,26-39H2,1-7H3,(H,81,108)(H,82,98)(H,83,99)(H,84,101)(H,85,102)(H,86,104)(H,87,97)(H,88,100)(H,89,107)(H,90,106)(H,91,103)(H,92,105)(H4,75,76,79)(H4,77,78,80)/t40-,41-,42+,43+,46+,47+,48-,49+,50+,51-,52-,53-,54-,55-,56-,57-,58-/m0/s1. The number of rotatable bonds is 21. The molecule has 22 N–H and O–H groups in total. The van der Waals surface area contributed by atoms with E-state index in [-0.39, 0.29) is 102 Å². The quantitative estimate of drug-likeness (QED) is 0.0249. The SMILES string of the molecule is CCCC[C@H]1NC(=O)[C@@H](Cc2ccccc2)NC(=O)[C@@H](Cc2ccccc2)NC(=O)[C@@H]2CSSC[C@H](NC(=O)[C@H](CCCN=C(N)N)NC(=O)[C@@H](CCCN=C(N)N)NC1=O)C(=O)N[C@@H]([C@@H](C)O)C(=O)N[C@H](C)C(=O)N[C@@H](CO)C(=O)N[C@@H]([C@@H](C)CC)C(=O)N1CCC[C@H]1C(=O)N1CCC[C@H]1C(=O)N[C@@H]([C@@H](C)CC)C(=O)N2. The Kier molecular flexibility index (Phi) is 37.1. The summed E-state index contributed by atoms with van der Waals surface area (Å²) in [6.45, 7) is 10.1.